The van der Waals surface area contributed by atoms with Gasteiger partial charge in [-0.05, 0) is 26.0 Å². The normalized spacial score (nSPS) is 10.3. The molecule has 1 aromatic heterocycles. The van der Waals surface area contributed by atoms with E-state index in [1.165, 1.54) is 0 Å². The van der Waals surface area contributed by atoms with Crippen molar-refractivity contribution in [3.05, 3.63) is 51.0 Å². The van der Waals surface area contributed by atoms with Crippen molar-refractivity contribution in [2.45, 2.75) is 13.8 Å². The molecule has 0 saturated carbocycles. The van der Waals surface area contributed by atoms with Crippen molar-refractivity contribution in [1.29, 1.82) is 0 Å². The third-order valence-corrected chi connectivity index (χ3v) is 2.89. The van der Waals surface area contributed by atoms with Gasteiger partial charge in [0.25, 0.3) is 11.6 Å². The molecule has 0 aliphatic heterocycles. The molecule has 104 valence electrons. The van der Waals surface area contributed by atoms with Gasteiger partial charge in [-0.1, -0.05) is 0 Å². The van der Waals surface area contributed by atoms with E-state index in [4.69, 9.17) is 0 Å². The Kier molecular flexibility index (Phi) is 3.47. The molecule has 2 rings (SSSR count). The van der Waals surface area contributed by atoms with Crippen molar-refractivity contribution in [2.24, 2.45) is 0 Å². The minimum atomic E-state index is -0.805. The average Bonchev–Trinajstić information content (AvgIpc) is 2.70. The number of nitro benzene ring substituents is 1. The second kappa shape index (κ2) is 5.08. The fourth-order valence-electron chi connectivity index (χ4n) is 1.63. The quantitative estimate of drug-likeness (QED) is 0.664. The van der Waals surface area contributed by atoms with E-state index in [2.05, 4.69) is 15.5 Å². The van der Waals surface area contributed by atoms with Crippen LogP contribution in [0.15, 0.2) is 18.2 Å². The molecule has 0 aliphatic carbocycles. The highest BCUT2D eigenvalue weighted by atomic mass is 19.1. The van der Waals surface area contributed by atoms with Gasteiger partial charge >= 0.3 is 0 Å². The fraction of sp³-hybridized carbons (Fsp3) is 0.167. The number of anilines is 1. The molecule has 0 radical (unpaired) electrons. The lowest BCUT2D eigenvalue weighted by atomic mass is 10.1. The Morgan fingerprint density at radius 2 is 2.15 bits per heavy atom. The Hall–Kier alpha value is -2.77. The van der Waals surface area contributed by atoms with Crippen molar-refractivity contribution in [3.63, 3.8) is 0 Å². The summed E-state index contributed by atoms with van der Waals surface area (Å²) in [6, 6.07) is 2.76. The van der Waals surface area contributed by atoms with Crippen LogP contribution in [0, 0.1) is 29.8 Å². The summed E-state index contributed by atoms with van der Waals surface area (Å²) >= 11 is 0. The van der Waals surface area contributed by atoms with Crippen LogP contribution in [-0.2, 0) is 0 Å². The van der Waals surface area contributed by atoms with Crippen LogP contribution in [0.25, 0.3) is 0 Å². The highest BCUT2D eigenvalue weighted by Crippen LogP contribution is 2.22. The molecule has 0 unspecified atom stereocenters. The maximum atomic E-state index is 13.0. The van der Waals surface area contributed by atoms with Crippen molar-refractivity contribution < 1.29 is 14.1 Å². The lowest BCUT2D eigenvalue weighted by molar-refractivity contribution is -0.385. The number of nitrogens with zero attached hydrogens (tertiary/aromatic N) is 2. The van der Waals surface area contributed by atoms with Gasteiger partial charge in [-0.15, -0.1) is 0 Å². The number of nitro groups is 1. The first-order valence-corrected chi connectivity index (χ1v) is 5.67. The Balaban J connectivity index is 2.34. The van der Waals surface area contributed by atoms with E-state index >= 15 is 0 Å². The third-order valence-electron chi connectivity index (χ3n) is 2.89. The number of halogens is 1. The standard InChI is InChI=1S/C12H11FN4O3/c1-6-7(2)15-16-11(6)14-12(18)9-4-3-8(13)5-10(9)17(19)20/h3-5H,1-2H3,(H2,14,15,16,18). The Morgan fingerprint density at radius 1 is 1.45 bits per heavy atom. The highest BCUT2D eigenvalue weighted by molar-refractivity contribution is 6.06. The molecular weight excluding hydrogens is 267 g/mol. The van der Waals surface area contributed by atoms with Gasteiger partial charge in [0.2, 0.25) is 0 Å². The topological polar surface area (TPSA) is 101 Å². The maximum Gasteiger partial charge on any atom is 0.285 e. The van der Waals surface area contributed by atoms with Gasteiger partial charge in [-0.25, -0.2) is 4.39 Å². The maximum absolute atomic E-state index is 13.0. The molecule has 0 spiro atoms. The van der Waals surface area contributed by atoms with Crippen molar-refractivity contribution in [3.8, 4) is 0 Å². The number of rotatable bonds is 3. The van der Waals surface area contributed by atoms with Crippen LogP contribution in [0.3, 0.4) is 0 Å². The van der Waals surface area contributed by atoms with Crippen molar-refractivity contribution in [2.75, 3.05) is 5.32 Å². The summed E-state index contributed by atoms with van der Waals surface area (Å²) in [5.74, 6) is -1.21. The molecule has 1 heterocycles. The minimum absolute atomic E-state index is 0.226. The number of nitrogens with one attached hydrogen (secondary N) is 2. The van der Waals surface area contributed by atoms with Gasteiger partial charge in [0.15, 0.2) is 5.82 Å². The molecule has 0 atom stereocenters. The smallest absolute Gasteiger partial charge is 0.285 e. The highest BCUT2D eigenvalue weighted by Gasteiger charge is 2.22. The SMILES string of the molecule is Cc1[nH]nc(NC(=O)c2ccc(F)cc2[N+](=O)[O-])c1C. The van der Waals surface area contributed by atoms with E-state index in [9.17, 15) is 19.3 Å². The van der Waals surface area contributed by atoms with E-state index in [-0.39, 0.29) is 11.4 Å². The van der Waals surface area contributed by atoms with Gasteiger partial charge in [0.05, 0.1) is 11.0 Å². The van der Waals surface area contributed by atoms with Crippen molar-refractivity contribution in [1.82, 2.24) is 10.2 Å². The zero-order chi connectivity index (χ0) is 14.9. The molecule has 2 N–H and O–H groups in total. The first-order valence-electron chi connectivity index (χ1n) is 5.67. The summed E-state index contributed by atoms with van der Waals surface area (Å²) in [7, 11) is 0. The molecule has 0 aliphatic rings. The number of hydrogen-bond donors (Lipinski definition) is 2. The third kappa shape index (κ3) is 2.48. The molecule has 1 aromatic carbocycles. The molecule has 7 nitrogen and oxygen atoms in total. The predicted octanol–water partition coefficient (Wildman–Crippen LogP) is 2.33. The lowest BCUT2D eigenvalue weighted by Crippen LogP contribution is -2.15. The van der Waals surface area contributed by atoms with Crippen LogP contribution < -0.4 is 5.32 Å². The molecule has 0 saturated heterocycles. The van der Waals surface area contributed by atoms with Crippen LogP contribution in [0.4, 0.5) is 15.9 Å². The first kappa shape index (κ1) is 13.7. The van der Waals surface area contributed by atoms with Gasteiger partial charge in [-0.3, -0.25) is 20.0 Å². The van der Waals surface area contributed by atoms with Crippen LogP contribution >= 0.6 is 0 Å². The summed E-state index contributed by atoms with van der Waals surface area (Å²) in [4.78, 5) is 22.1. The van der Waals surface area contributed by atoms with E-state index < -0.39 is 22.3 Å². The Labute approximate surface area is 113 Å². The number of aromatic amines is 1. The average molecular weight is 278 g/mol. The molecule has 1 amide bonds. The number of hydrogen-bond acceptors (Lipinski definition) is 4. The number of benzene rings is 1. The Bertz CT molecular complexity index is 696. The van der Waals surface area contributed by atoms with E-state index in [1.807, 2.05) is 0 Å². The van der Waals surface area contributed by atoms with Crippen LogP contribution in [0.5, 0.6) is 0 Å². The lowest BCUT2D eigenvalue weighted by Gasteiger charge is -2.04. The van der Waals surface area contributed by atoms with Gasteiger partial charge in [0, 0.05) is 11.3 Å². The number of carbonyl (C=O) groups excluding carboxylic acids is 1. The summed E-state index contributed by atoms with van der Waals surface area (Å²) in [6.07, 6.45) is 0. The van der Waals surface area contributed by atoms with Gasteiger partial charge < -0.3 is 5.32 Å². The predicted molar refractivity (Wildman–Crippen MR) is 69.1 cm³/mol. The summed E-state index contributed by atoms with van der Waals surface area (Å²) < 4.78 is 13.0. The molecular formula is C12H11FN4O3. The van der Waals surface area contributed by atoms with Crippen molar-refractivity contribution >= 4 is 17.4 Å². The molecule has 2 aromatic rings. The summed E-state index contributed by atoms with van der Waals surface area (Å²) in [5, 5.41) is 19.8. The molecule has 8 heteroatoms. The zero-order valence-electron chi connectivity index (χ0n) is 10.7. The number of amides is 1. The number of aryl methyl sites for hydroxylation is 1. The number of carbonyl (C=O) groups is 1. The number of H-pyrrole nitrogens is 1. The second-order valence-corrected chi connectivity index (χ2v) is 4.19. The van der Waals surface area contributed by atoms with Crippen LogP contribution in [0.2, 0.25) is 0 Å². The Morgan fingerprint density at radius 3 is 2.70 bits per heavy atom. The van der Waals surface area contributed by atoms with E-state index in [1.54, 1.807) is 13.8 Å². The van der Waals surface area contributed by atoms with E-state index in [0.29, 0.717) is 6.07 Å². The summed E-state index contributed by atoms with van der Waals surface area (Å²) in [6.45, 7) is 3.52. The summed E-state index contributed by atoms with van der Waals surface area (Å²) in [5.41, 5.74) is 0.681. The molecule has 0 bridgehead atoms. The minimum Gasteiger partial charge on any atom is -0.305 e. The van der Waals surface area contributed by atoms with Crippen LogP contribution in [-0.4, -0.2) is 21.0 Å². The molecule has 20 heavy (non-hydrogen) atoms. The van der Waals surface area contributed by atoms with Crippen LogP contribution in [0.1, 0.15) is 21.6 Å². The van der Waals surface area contributed by atoms with Gasteiger partial charge in [0.1, 0.15) is 11.4 Å². The first-order chi connectivity index (χ1) is 9.40. The number of aromatic nitrogens is 2. The van der Waals surface area contributed by atoms with Gasteiger partial charge in [-0.2, -0.15) is 5.10 Å². The van der Waals surface area contributed by atoms with E-state index in [0.717, 1.165) is 23.4 Å². The second-order valence-electron chi connectivity index (χ2n) is 4.19. The molecule has 0 fully saturated rings. The zero-order valence-corrected chi connectivity index (χ0v) is 10.7. The monoisotopic (exact) mass is 278 g/mol. The fourth-order valence-corrected chi connectivity index (χ4v) is 1.63. The largest absolute Gasteiger partial charge is 0.305 e.